The number of Topliss-reactive ketones (excluding diaryl/α,β-unsaturated/α-hetero) is 1. The van der Waals surface area contributed by atoms with Crippen molar-refractivity contribution >= 4 is 22.7 Å². The van der Waals surface area contributed by atoms with Crippen LogP contribution in [0.15, 0.2) is 24.3 Å². The Kier molecular flexibility index (Phi) is 2.48. The molecular formula is C12H11NO3. The molecule has 0 aliphatic carbocycles. The second-order valence-electron chi connectivity index (χ2n) is 3.52. The van der Waals surface area contributed by atoms with Crippen molar-refractivity contribution in [3.63, 3.8) is 0 Å². The van der Waals surface area contributed by atoms with Crippen LogP contribution in [-0.2, 0) is 4.79 Å². The van der Waals surface area contributed by atoms with Crippen molar-refractivity contribution in [2.45, 2.75) is 13.8 Å². The van der Waals surface area contributed by atoms with Gasteiger partial charge in [-0.3, -0.25) is 9.59 Å². The fourth-order valence-corrected chi connectivity index (χ4v) is 1.61. The number of carbonyl (C=O) groups excluding carboxylic acids is 2. The Labute approximate surface area is 92.2 Å². The predicted octanol–water partition coefficient (Wildman–Crippen LogP) is 2.30. The molecule has 0 radical (unpaired) electrons. The van der Waals surface area contributed by atoms with E-state index >= 15 is 0 Å². The average molecular weight is 217 g/mol. The van der Waals surface area contributed by atoms with E-state index in [0.717, 1.165) is 10.9 Å². The topological polar surface area (TPSA) is 59.2 Å². The van der Waals surface area contributed by atoms with E-state index in [1.54, 1.807) is 6.07 Å². The van der Waals surface area contributed by atoms with Crippen LogP contribution in [0.5, 0.6) is 5.75 Å². The third-order valence-electron chi connectivity index (χ3n) is 2.26. The second-order valence-corrected chi connectivity index (χ2v) is 3.52. The molecule has 0 fully saturated rings. The van der Waals surface area contributed by atoms with Crippen LogP contribution in [0.3, 0.4) is 0 Å². The average Bonchev–Trinajstić information content (AvgIpc) is 2.57. The standard InChI is InChI=1S/C12H11NO3/c1-7(14)11-12(16-8(2)15)9-5-3-4-6-10(9)13-11/h3-6,13H,1-2H3. The minimum absolute atomic E-state index is 0.160. The molecule has 0 aliphatic heterocycles. The molecule has 1 aromatic heterocycles. The van der Waals surface area contributed by atoms with Gasteiger partial charge in [0.1, 0.15) is 5.69 Å². The summed E-state index contributed by atoms with van der Waals surface area (Å²) < 4.78 is 5.07. The molecule has 82 valence electrons. The number of fused-ring (bicyclic) bond motifs is 1. The van der Waals surface area contributed by atoms with Gasteiger partial charge < -0.3 is 9.72 Å². The number of ketones is 1. The number of H-pyrrole nitrogens is 1. The van der Waals surface area contributed by atoms with Gasteiger partial charge in [-0.25, -0.2) is 0 Å². The van der Waals surface area contributed by atoms with Gasteiger partial charge >= 0.3 is 5.97 Å². The van der Waals surface area contributed by atoms with E-state index in [0.29, 0.717) is 11.4 Å². The number of ether oxygens (including phenoxy) is 1. The fraction of sp³-hybridized carbons (Fsp3) is 0.167. The first-order chi connectivity index (χ1) is 7.59. The second kappa shape index (κ2) is 3.81. The number of hydrogen-bond donors (Lipinski definition) is 1. The normalized spacial score (nSPS) is 10.4. The largest absolute Gasteiger partial charge is 0.424 e. The number of rotatable bonds is 2. The number of aromatic nitrogens is 1. The molecule has 1 aromatic carbocycles. The van der Waals surface area contributed by atoms with Gasteiger partial charge in [-0.2, -0.15) is 0 Å². The number of benzene rings is 1. The Bertz CT molecular complexity index is 569. The summed E-state index contributed by atoms with van der Waals surface area (Å²) in [5.41, 5.74) is 1.11. The predicted molar refractivity (Wildman–Crippen MR) is 59.6 cm³/mol. The Hall–Kier alpha value is -2.10. The van der Waals surface area contributed by atoms with Crippen molar-refractivity contribution in [2.75, 3.05) is 0 Å². The lowest BCUT2D eigenvalue weighted by Crippen LogP contribution is -2.05. The number of nitrogens with one attached hydrogen (secondary N) is 1. The summed E-state index contributed by atoms with van der Waals surface area (Å²) in [5.74, 6) is -0.282. The highest BCUT2D eigenvalue weighted by molar-refractivity contribution is 6.04. The first-order valence-electron chi connectivity index (χ1n) is 4.89. The van der Waals surface area contributed by atoms with Crippen LogP contribution in [-0.4, -0.2) is 16.7 Å². The summed E-state index contributed by atoms with van der Waals surface area (Å²) >= 11 is 0. The van der Waals surface area contributed by atoms with Gasteiger partial charge in [0.2, 0.25) is 0 Å². The molecular weight excluding hydrogens is 206 g/mol. The maximum absolute atomic E-state index is 11.4. The Balaban J connectivity index is 2.69. The highest BCUT2D eigenvalue weighted by Gasteiger charge is 2.17. The Morgan fingerprint density at radius 1 is 1.19 bits per heavy atom. The van der Waals surface area contributed by atoms with Gasteiger partial charge in [0.25, 0.3) is 0 Å². The van der Waals surface area contributed by atoms with Gasteiger partial charge in [-0.05, 0) is 12.1 Å². The van der Waals surface area contributed by atoms with Crippen molar-refractivity contribution in [3.05, 3.63) is 30.0 Å². The van der Waals surface area contributed by atoms with Crippen LogP contribution in [0.1, 0.15) is 24.3 Å². The quantitative estimate of drug-likeness (QED) is 0.620. The molecule has 1 heterocycles. The molecule has 0 unspecified atom stereocenters. The molecule has 0 aliphatic rings. The molecule has 4 heteroatoms. The number of esters is 1. The molecule has 4 nitrogen and oxygen atoms in total. The SMILES string of the molecule is CC(=O)Oc1c(C(C)=O)[nH]c2ccccc12. The van der Waals surface area contributed by atoms with Gasteiger partial charge in [-0.1, -0.05) is 12.1 Å². The van der Waals surface area contributed by atoms with E-state index in [9.17, 15) is 9.59 Å². The molecule has 0 spiro atoms. The first kappa shape index (κ1) is 10.4. The number of para-hydroxylation sites is 1. The smallest absolute Gasteiger partial charge is 0.308 e. The van der Waals surface area contributed by atoms with Crippen molar-refractivity contribution in [3.8, 4) is 5.75 Å². The molecule has 0 amide bonds. The van der Waals surface area contributed by atoms with Crippen LogP contribution in [0, 0.1) is 0 Å². The van der Waals surface area contributed by atoms with Crippen LogP contribution in [0.2, 0.25) is 0 Å². The van der Waals surface area contributed by atoms with Crippen LogP contribution in [0.4, 0.5) is 0 Å². The van der Waals surface area contributed by atoms with Crippen LogP contribution < -0.4 is 4.74 Å². The monoisotopic (exact) mass is 217 g/mol. The molecule has 2 rings (SSSR count). The van der Waals surface area contributed by atoms with Crippen molar-refractivity contribution < 1.29 is 14.3 Å². The third-order valence-corrected chi connectivity index (χ3v) is 2.26. The summed E-state index contributed by atoms with van der Waals surface area (Å²) in [5, 5.41) is 0.739. The van der Waals surface area contributed by atoms with Gasteiger partial charge in [0.05, 0.1) is 0 Å². The Morgan fingerprint density at radius 3 is 2.50 bits per heavy atom. The lowest BCUT2D eigenvalue weighted by Gasteiger charge is -2.00. The number of hydrogen-bond acceptors (Lipinski definition) is 3. The van der Waals surface area contributed by atoms with Gasteiger partial charge in [0.15, 0.2) is 11.5 Å². The molecule has 0 saturated heterocycles. The lowest BCUT2D eigenvalue weighted by atomic mass is 10.2. The van der Waals surface area contributed by atoms with E-state index in [4.69, 9.17) is 4.74 Å². The summed E-state index contributed by atoms with van der Waals surface area (Å²) in [6.45, 7) is 2.74. The summed E-state index contributed by atoms with van der Waals surface area (Å²) in [6.07, 6.45) is 0. The zero-order valence-corrected chi connectivity index (χ0v) is 9.03. The zero-order valence-electron chi connectivity index (χ0n) is 9.03. The maximum Gasteiger partial charge on any atom is 0.308 e. The van der Waals surface area contributed by atoms with Crippen molar-refractivity contribution in [2.24, 2.45) is 0 Å². The van der Waals surface area contributed by atoms with E-state index in [1.807, 2.05) is 18.2 Å². The van der Waals surface area contributed by atoms with Crippen LogP contribution in [0.25, 0.3) is 10.9 Å². The molecule has 0 atom stereocenters. The van der Waals surface area contributed by atoms with Crippen LogP contribution >= 0.6 is 0 Å². The molecule has 1 N–H and O–H groups in total. The summed E-state index contributed by atoms with van der Waals surface area (Å²) in [4.78, 5) is 25.3. The molecule has 0 saturated carbocycles. The summed E-state index contributed by atoms with van der Waals surface area (Å²) in [6, 6.07) is 7.30. The Morgan fingerprint density at radius 2 is 1.88 bits per heavy atom. The summed E-state index contributed by atoms with van der Waals surface area (Å²) in [7, 11) is 0. The van der Waals surface area contributed by atoms with Gasteiger partial charge in [-0.15, -0.1) is 0 Å². The third kappa shape index (κ3) is 1.69. The highest BCUT2D eigenvalue weighted by Crippen LogP contribution is 2.30. The minimum atomic E-state index is -0.438. The molecule has 16 heavy (non-hydrogen) atoms. The maximum atomic E-state index is 11.4. The zero-order chi connectivity index (χ0) is 11.7. The van der Waals surface area contributed by atoms with E-state index in [-0.39, 0.29) is 5.78 Å². The van der Waals surface area contributed by atoms with E-state index in [1.165, 1.54) is 13.8 Å². The fourth-order valence-electron chi connectivity index (χ4n) is 1.61. The van der Waals surface area contributed by atoms with Crippen molar-refractivity contribution in [1.29, 1.82) is 0 Å². The van der Waals surface area contributed by atoms with Crippen molar-refractivity contribution in [1.82, 2.24) is 4.98 Å². The lowest BCUT2D eigenvalue weighted by molar-refractivity contribution is -0.131. The van der Waals surface area contributed by atoms with Gasteiger partial charge in [0, 0.05) is 24.8 Å². The number of carbonyl (C=O) groups is 2. The van der Waals surface area contributed by atoms with E-state index < -0.39 is 5.97 Å². The molecule has 0 bridgehead atoms. The first-order valence-corrected chi connectivity index (χ1v) is 4.89. The number of aromatic amines is 1. The van der Waals surface area contributed by atoms with E-state index in [2.05, 4.69) is 4.98 Å². The highest BCUT2D eigenvalue weighted by atomic mass is 16.5. The minimum Gasteiger partial charge on any atom is -0.424 e. The molecule has 2 aromatic rings.